The summed E-state index contributed by atoms with van der Waals surface area (Å²) in [5.74, 6) is 0.770. The molecule has 1 heterocycles. The van der Waals surface area contributed by atoms with Crippen molar-refractivity contribution in [1.29, 1.82) is 0 Å². The second-order valence-corrected chi connectivity index (χ2v) is 6.48. The number of hydrogen-bond acceptors (Lipinski definition) is 4. The number of pyridine rings is 1. The molecule has 0 saturated carbocycles. The summed E-state index contributed by atoms with van der Waals surface area (Å²) < 4.78 is 5.41. The van der Waals surface area contributed by atoms with Gasteiger partial charge in [-0.15, -0.1) is 0 Å². The number of methoxy groups -OCH3 is 1. The minimum atomic E-state index is 0.114. The lowest BCUT2D eigenvalue weighted by molar-refractivity contribution is 0.289. The first-order valence-corrected chi connectivity index (χ1v) is 8.69. The molecular formula is C19H26N4OS. The molecule has 0 aliphatic rings. The number of nitrogens with zero attached hydrogens (tertiary/aromatic N) is 3. The Morgan fingerprint density at radius 1 is 1.20 bits per heavy atom. The van der Waals surface area contributed by atoms with Gasteiger partial charge in [-0.25, -0.2) is 0 Å². The first-order valence-electron chi connectivity index (χ1n) is 8.28. The van der Waals surface area contributed by atoms with Crippen LogP contribution in [0.4, 0.5) is 5.69 Å². The summed E-state index contributed by atoms with van der Waals surface area (Å²) >= 11 is 5.71. The van der Waals surface area contributed by atoms with Crippen molar-refractivity contribution >= 4 is 23.0 Å². The molecule has 0 aliphatic heterocycles. The molecule has 1 aromatic carbocycles. The molecule has 0 amide bonds. The quantitative estimate of drug-likeness (QED) is 0.765. The Morgan fingerprint density at radius 2 is 1.96 bits per heavy atom. The van der Waals surface area contributed by atoms with Crippen molar-refractivity contribution in [3.63, 3.8) is 0 Å². The summed E-state index contributed by atoms with van der Waals surface area (Å²) in [6, 6.07) is 11.9. The van der Waals surface area contributed by atoms with Crippen LogP contribution in [0.1, 0.15) is 18.5 Å². The van der Waals surface area contributed by atoms with Crippen LogP contribution in [0.5, 0.6) is 5.75 Å². The van der Waals surface area contributed by atoms with E-state index in [1.165, 1.54) is 0 Å². The third-order valence-electron chi connectivity index (χ3n) is 4.03. The zero-order valence-electron chi connectivity index (χ0n) is 15.3. The molecule has 0 bridgehead atoms. The molecule has 2 aromatic rings. The van der Waals surface area contributed by atoms with Crippen LogP contribution in [-0.2, 0) is 0 Å². The van der Waals surface area contributed by atoms with Crippen molar-refractivity contribution in [2.45, 2.75) is 13.0 Å². The van der Waals surface area contributed by atoms with Gasteiger partial charge in [0.15, 0.2) is 5.11 Å². The van der Waals surface area contributed by atoms with Gasteiger partial charge in [-0.2, -0.15) is 0 Å². The van der Waals surface area contributed by atoms with E-state index < -0.39 is 0 Å². The number of para-hydroxylation sites is 2. The van der Waals surface area contributed by atoms with Crippen LogP contribution in [0.3, 0.4) is 0 Å². The lowest BCUT2D eigenvalue weighted by Crippen LogP contribution is -2.41. The highest BCUT2D eigenvalue weighted by Crippen LogP contribution is 2.25. The Kier molecular flexibility index (Phi) is 7.16. The van der Waals surface area contributed by atoms with E-state index in [9.17, 15) is 0 Å². The van der Waals surface area contributed by atoms with Crippen molar-refractivity contribution in [2.75, 3.05) is 39.6 Å². The minimum Gasteiger partial charge on any atom is -0.495 e. The van der Waals surface area contributed by atoms with E-state index >= 15 is 0 Å². The van der Waals surface area contributed by atoms with Gasteiger partial charge in [0.2, 0.25) is 0 Å². The molecule has 0 saturated heterocycles. The van der Waals surface area contributed by atoms with Gasteiger partial charge in [0.05, 0.1) is 18.8 Å². The molecule has 0 unspecified atom stereocenters. The first-order chi connectivity index (χ1) is 12.0. The summed E-state index contributed by atoms with van der Waals surface area (Å²) in [7, 11) is 5.78. The molecule has 134 valence electrons. The molecule has 1 N–H and O–H groups in total. The molecule has 1 aromatic heterocycles. The Balaban J connectivity index is 2.20. The molecule has 6 heteroatoms. The lowest BCUT2D eigenvalue weighted by atomic mass is 10.1. The van der Waals surface area contributed by atoms with Gasteiger partial charge in [-0.3, -0.25) is 4.98 Å². The first kappa shape index (κ1) is 19.1. The average molecular weight is 359 g/mol. The average Bonchev–Trinajstić information content (AvgIpc) is 2.62. The van der Waals surface area contributed by atoms with Crippen LogP contribution in [0.2, 0.25) is 0 Å². The third kappa shape index (κ3) is 5.41. The highest BCUT2D eigenvalue weighted by atomic mass is 32.1. The van der Waals surface area contributed by atoms with E-state index in [1.807, 2.05) is 36.5 Å². The van der Waals surface area contributed by atoms with Gasteiger partial charge in [0.1, 0.15) is 5.75 Å². The van der Waals surface area contributed by atoms with Crippen LogP contribution >= 0.6 is 12.2 Å². The minimum absolute atomic E-state index is 0.114. The lowest BCUT2D eigenvalue weighted by Gasteiger charge is -2.33. The van der Waals surface area contributed by atoms with Crippen molar-refractivity contribution in [1.82, 2.24) is 14.8 Å². The number of ether oxygens (including phenoxy) is 1. The molecule has 0 aliphatic carbocycles. The summed E-state index contributed by atoms with van der Waals surface area (Å²) in [6.45, 7) is 3.85. The summed E-state index contributed by atoms with van der Waals surface area (Å²) in [4.78, 5) is 8.56. The van der Waals surface area contributed by atoms with E-state index in [0.29, 0.717) is 5.11 Å². The van der Waals surface area contributed by atoms with Crippen LogP contribution in [0.15, 0.2) is 48.8 Å². The molecule has 25 heavy (non-hydrogen) atoms. The number of thiocarbonyl (C=S) groups is 1. The fourth-order valence-corrected chi connectivity index (χ4v) is 2.88. The number of nitrogens with one attached hydrogen (secondary N) is 1. The van der Waals surface area contributed by atoms with E-state index in [0.717, 1.165) is 30.1 Å². The molecule has 5 nitrogen and oxygen atoms in total. The fourth-order valence-electron chi connectivity index (χ4n) is 2.52. The molecule has 0 fully saturated rings. The van der Waals surface area contributed by atoms with E-state index in [2.05, 4.69) is 47.2 Å². The van der Waals surface area contributed by atoms with Crippen LogP contribution in [0, 0.1) is 0 Å². The van der Waals surface area contributed by atoms with Crippen molar-refractivity contribution in [3.8, 4) is 5.75 Å². The number of likely N-dealkylation sites (N-methyl/N-ethyl adjacent to an activating group) is 1. The van der Waals surface area contributed by atoms with E-state index in [1.54, 1.807) is 13.3 Å². The maximum atomic E-state index is 5.71. The van der Waals surface area contributed by atoms with Crippen molar-refractivity contribution in [3.05, 3.63) is 54.4 Å². The smallest absolute Gasteiger partial charge is 0.174 e. The predicted molar refractivity (Wildman–Crippen MR) is 107 cm³/mol. The number of anilines is 1. The maximum Gasteiger partial charge on any atom is 0.174 e. The second kappa shape index (κ2) is 9.34. The van der Waals surface area contributed by atoms with Crippen LogP contribution in [0.25, 0.3) is 0 Å². The largest absolute Gasteiger partial charge is 0.495 e. The molecule has 0 radical (unpaired) electrons. The van der Waals surface area contributed by atoms with Gasteiger partial charge in [-0.1, -0.05) is 18.2 Å². The highest BCUT2D eigenvalue weighted by molar-refractivity contribution is 7.80. The number of hydrogen-bond donors (Lipinski definition) is 1. The molecule has 1 atom stereocenters. The highest BCUT2D eigenvalue weighted by Gasteiger charge is 2.20. The van der Waals surface area contributed by atoms with Gasteiger partial charge in [0.25, 0.3) is 0 Å². The number of aromatic nitrogens is 1. The molecular weight excluding hydrogens is 332 g/mol. The molecule has 0 spiro atoms. The monoisotopic (exact) mass is 358 g/mol. The van der Waals surface area contributed by atoms with Gasteiger partial charge < -0.3 is 19.9 Å². The Labute approximate surface area is 155 Å². The maximum absolute atomic E-state index is 5.71. The van der Waals surface area contributed by atoms with Crippen LogP contribution < -0.4 is 10.1 Å². The normalized spacial score (nSPS) is 11.9. The Morgan fingerprint density at radius 3 is 2.60 bits per heavy atom. The van der Waals surface area contributed by atoms with Crippen LogP contribution in [-0.4, -0.2) is 54.2 Å². The summed E-state index contributed by atoms with van der Waals surface area (Å²) in [5.41, 5.74) is 1.99. The predicted octanol–water partition coefficient (Wildman–Crippen LogP) is 3.41. The van der Waals surface area contributed by atoms with Crippen molar-refractivity contribution < 1.29 is 4.74 Å². The Bertz CT molecular complexity index is 678. The second-order valence-electron chi connectivity index (χ2n) is 6.09. The van der Waals surface area contributed by atoms with Gasteiger partial charge in [-0.05, 0) is 57.0 Å². The van der Waals surface area contributed by atoms with Crippen molar-refractivity contribution in [2.24, 2.45) is 0 Å². The zero-order valence-corrected chi connectivity index (χ0v) is 16.1. The third-order valence-corrected chi connectivity index (χ3v) is 4.37. The summed E-state index contributed by atoms with van der Waals surface area (Å²) in [6.07, 6.45) is 3.67. The summed E-state index contributed by atoms with van der Waals surface area (Å²) in [5, 5.41) is 4.00. The zero-order chi connectivity index (χ0) is 18.2. The Hall–Kier alpha value is -2.18. The number of rotatable bonds is 7. The molecule has 2 rings (SSSR count). The van der Waals surface area contributed by atoms with E-state index in [-0.39, 0.29) is 6.04 Å². The van der Waals surface area contributed by atoms with Gasteiger partial charge in [0, 0.05) is 25.5 Å². The number of benzene rings is 1. The van der Waals surface area contributed by atoms with E-state index in [4.69, 9.17) is 17.0 Å². The van der Waals surface area contributed by atoms with Gasteiger partial charge >= 0.3 is 0 Å². The fraction of sp³-hybridized carbons (Fsp3) is 0.368. The topological polar surface area (TPSA) is 40.6 Å². The SMILES string of the molecule is COc1ccccc1NC(=S)N(CCN(C)C)[C@@H](C)c1cccnc1. The standard InChI is InChI=1S/C19H26N4OS/c1-15(16-8-7-11-20-14-16)23(13-12-22(2)3)19(25)21-17-9-5-6-10-18(17)24-4/h5-11,14-15H,12-13H2,1-4H3,(H,21,25)/t15-/m0/s1.